The first-order valence-corrected chi connectivity index (χ1v) is 9.55. The number of aliphatic imine (C=N–C) groups is 1. The Hall–Kier alpha value is -0.910. The molecule has 0 aromatic heterocycles. The summed E-state index contributed by atoms with van der Waals surface area (Å²) >= 11 is 2.06. The summed E-state index contributed by atoms with van der Waals surface area (Å²) in [6.07, 6.45) is 3.72. The molecule has 0 aromatic rings. The third-order valence-corrected chi connectivity index (χ3v) is 4.91. The summed E-state index contributed by atoms with van der Waals surface area (Å²) in [5.74, 6) is 2.18. The molecule has 0 aromatic carbocycles. The average molecular weight is 329 g/mol. The largest absolute Gasteiger partial charge is 0.357 e. The Morgan fingerprint density at radius 1 is 1.27 bits per heavy atom. The van der Waals surface area contributed by atoms with Crippen LogP contribution in [0.25, 0.3) is 0 Å². The van der Waals surface area contributed by atoms with E-state index in [1.54, 1.807) is 0 Å². The van der Waals surface area contributed by atoms with E-state index in [1.807, 2.05) is 13.8 Å². The SMILES string of the molecule is CCNC(=NCCNC(=O)C(C)C)NC1CCC(SCC)C1. The number of thioether (sulfide) groups is 1. The van der Waals surface area contributed by atoms with E-state index in [2.05, 4.69) is 46.6 Å². The van der Waals surface area contributed by atoms with Gasteiger partial charge in [0.1, 0.15) is 0 Å². The van der Waals surface area contributed by atoms with Gasteiger partial charge in [0.15, 0.2) is 5.96 Å². The van der Waals surface area contributed by atoms with Crippen molar-refractivity contribution >= 4 is 23.6 Å². The molecule has 2 unspecified atom stereocenters. The molecule has 6 heteroatoms. The zero-order chi connectivity index (χ0) is 16.4. The average Bonchev–Trinajstić information content (AvgIpc) is 2.91. The summed E-state index contributed by atoms with van der Waals surface area (Å²) in [6.45, 7) is 10.1. The van der Waals surface area contributed by atoms with Crippen molar-refractivity contribution in [2.45, 2.75) is 58.2 Å². The van der Waals surface area contributed by atoms with Gasteiger partial charge in [-0.05, 0) is 31.9 Å². The van der Waals surface area contributed by atoms with Crippen LogP contribution in [0.15, 0.2) is 4.99 Å². The van der Waals surface area contributed by atoms with Crippen LogP contribution >= 0.6 is 11.8 Å². The lowest BCUT2D eigenvalue weighted by Gasteiger charge is -2.17. The zero-order valence-corrected chi connectivity index (χ0v) is 15.3. The third-order valence-electron chi connectivity index (χ3n) is 3.68. The lowest BCUT2D eigenvalue weighted by atomic mass is 10.2. The highest BCUT2D eigenvalue weighted by molar-refractivity contribution is 7.99. The molecule has 0 heterocycles. The second kappa shape index (κ2) is 10.8. The topological polar surface area (TPSA) is 65.5 Å². The quantitative estimate of drug-likeness (QED) is 0.362. The van der Waals surface area contributed by atoms with E-state index < -0.39 is 0 Å². The van der Waals surface area contributed by atoms with Crippen molar-refractivity contribution in [3.8, 4) is 0 Å². The van der Waals surface area contributed by atoms with Crippen LogP contribution in [0.4, 0.5) is 0 Å². The maximum atomic E-state index is 11.5. The number of nitrogens with zero attached hydrogens (tertiary/aromatic N) is 1. The van der Waals surface area contributed by atoms with Crippen LogP contribution in [0.3, 0.4) is 0 Å². The first kappa shape index (κ1) is 19.1. The number of guanidine groups is 1. The molecule has 0 radical (unpaired) electrons. The van der Waals surface area contributed by atoms with Gasteiger partial charge in [-0.3, -0.25) is 9.79 Å². The van der Waals surface area contributed by atoms with Gasteiger partial charge in [0, 0.05) is 30.3 Å². The molecule has 0 spiro atoms. The number of hydrogen-bond acceptors (Lipinski definition) is 3. The predicted octanol–water partition coefficient (Wildman–Crippen LogP) is 1.99. The minimum Gasteiger partial charge on any atom is -0.357 e. The van der Waals surface area contributed by atoms with Crippen molar-refractivity contribution in [1.82, 2.24) is 16.0 Å². The molecule has 0 saturated heterocycles. The molecule has 128 valence electrons. The van der Waals surface area contributed by atoms with Gasteiger partial charge in [0.2, 0.25) is 5.91 Å². The Morgan fingerprint density at radius 3 is 2.68 bits per heavy atom. The molecule has 5 nitrogen and oxygen atoms in total. The minimum absolute atomic E-state index is 0.0295. The lowest BCUT2D eigenvalue weighted by molar-refractivity contribution is -0.123. The van der Waals surface area contributed by atoms with E-state index in [9.17, 15) is 4.79 Å². The van der Waals surface area contributed by atoms with E-state index in [0.29, 0.717) is 19.1 Å². The van der Waals surface area contributed by atoms with Crippen LogP contribution < -0.4 is 16.0 Å². The van der Waals surface area contributed by atoms with Crippen molar-refractivity contribution in [2.24, 2.45) is 10.9 Å². The molecule has 3 N–H and O–H groups in total. The number of hydrogen-bond donors (Lipinski definition) is 3. The normalized spacial score (nSPS) is 22.0. The fourth-order valence-electron chi connectivity index (χ4n) is 2.52. The fraction of sp³-hybridized carbons (Fsp3) is 0.875. The molecule has 1 aliphatic rings. The van der Waals surface area contributed by atoms with Crippen LogP contribution in [-0.4, -0.2) is 48.5 Å². The van der Waals surface area contributed by atoms with Crippen molar-refractivity contribution in [3.05, 3.63) is 0 Å². The van der Waals surface area contributed by atoms with Crippen molar-refractivity contribution < 1.29 is 4.79 Å². The molecular weight excluding hydrogens is 296 g/mol. The van der Waals surface area contributed by atoms with Crippen LogP contribution in [-0.2, 0) is 4.79 Å². The zero-order valence-electron chi connectivity index (χ0n) is 14.4. The van der Waals surface area contributed by atoms with E-state index in [-0.39, 0.29) is 11.8 Å². The second-order valence-electron chi connectivity index (χ2n) is 5.94. The third kappa shape index (κ3) is 7.38. The Bertz CT molecular complexity index is 360. The van der Waals surface area contributed by atoms with Crippen molar-refractivity contribution in [2.75, 3.05) is 25.4 Å². The number of rotatable bonds is 8. The molecular formula is C16H32N4OS. The van der Waals surface area contributed by atoms with Gasteiger partial charge < -0.3 is 16.0 Å². The summed E-state index contributed by atoms with van der Waals surface area (Å²) in [5.41, 5.74) is 0. The van der Waals surface area contributed by atoms with Crippen molar-refractivity contribution in [3.63, 3.8) is 0 Å². The monoisotopic (exact) mass is 328 g/mol. The van der Waals surface area contributed by atoms with Gasteiger partial charge in [0.05, 0.1) is 6.54 Å². The molecule has 1 rings (SSSR count). The smallest absolute Gasteiger partial charge is 0.222 e. The van der Waals surface area contributed by atoms with E-state index in [4.69, 9.17) is 0 Å². The number of amides is 1. The first-order chi connectivity index (χ1) is 10.6. The number of carbonyl (C=O) groups is 1. The molecule has 1 amide bonds. The van der Waals surface area contributed by atoms with Gasteiger partial charge in [0.25, 0.3) is 0 Å². The highest BCUT2D eigenvalue weighted by atomic mass is 32.2. The Kier molecular flexibility index (Phi) is 9.36. The predicted molar refractivity (Wildman–Crippen MR) is 96.5 cm³/mol. The molecule has 22 heavy (non-hydrogen) atoms. The standard InChI is InChI=1S/C16H32N4OS/c1-5-17-16(19-10-9-18-15(21)12(3)4)20-13-7-8-14(11-13)22-6-2/h12-14H,5-11H2,1-4H3,(H,18,21)(H2,17,19,20). The van der Waals surface area contributed by atoms with Crippen LogP contribution in [0.5, 0.6) is 0 Å². The maximum absolute atomic E-state index is 11.5. The lowest BCUT2D eigenvalue weighted by Crippen LogP contribution is -2.43. The molecule has 2 atom stereocenters. The van der Waals surface area contributed by atoms with Gasteiger partial charge >= 0.3 is 0 Å². The molecule has 1 fully saturated rings. The number of carbonyl (C=O) groups excluding carboxylic acids is 1. The van der Waals surface area contributed by atoms with Crippen LogP contribution in [0.1, 0.15) is 47.0 Å². The van der Waals surface area contributed by atoms with Gasteiger partial charge in [-0.15, -0.1) is 0 Å². The summed E-state index contributed by atoms with van der Waals surface area (Å²) in [4.78, 5) is 16.0. The van der Waals surface area contributed by atoms with Crippen LogP contribution in [0.2, 0.25) is 0 Å². The van der Waals surface area contributed by atoms with Gasteiger partial charge in [-0.2, -0.15) is 11.8 Å². The fourth-order valence-corrected chi connectivity index (χ4v) is 3.67. The Labute approximate surface area is 139 Å². The summed E-state index contributed by atoms with van der Waals surface area (Å²) in [5, 5.41) is 10.5. The maximum Gasteiger partial charge on any atom is 0.222 e. The highest BCUT2D eigenvalue weighted by Gasteiger charge is 2.24. The Balaban J connectivity index is 2.34. The van der Waals surface area contributed by atoms with E-state index in [1.165, 1.54) is 25.0 Å². The van der Waals surface area contributed by atoms with Gasteiger partial charge in [-0.25, -0.2) is 0 Å². The van der Waals surface area contributed by atoms with Crippen LogP contribution in [0, 0.1) is 5.92 Å². The van der Waals surface area contributed by atoms with Gasteiger partial charge in [-0.1, -0.05) is 20.8 Å². The number of nitrogens with one attached hydrogen (secondary N) is 3. The summed E-state index contributed by atoms with van der Waals surface area (Å²) < 4.78 is 0. The summed E-state index contributed by atoms with van der Waals surface area (Å²) in [6, 6.07) is 0.520. The minimum atomic E-state index is 0.0295. The first-order valence-electron chi connectivity index (χ1n) is 8.50. The second-order valence-corrected chi connectivity index (χ2v) is 7.52. The molecule has 0 bridgehead atoms. The van der Waals surface area contributed by atoms with E-state index in [0.717, 1.165) is 17.8 Å². The highest BCUT2D eigenvalue weighted by Crippen LogP contribution is 2.29. The molecule has 0 aliphatic heterocycles. The van der Waals surface area contributed by atoms with Crippen molar-refractivity contribution in [1.29, 1.82) is 0 Å². The molecule has 1 aliphatic carbocycles. The van der Waals surface area contributed by atoms with E-state index >= 15 is 0 Å². The summed E-state index contributed by atoms with van der Waals surface area (Å²) in [7, 11) is 0. The molecule has 1 saturated carbocycles. The Morgan fingerprint density at radius 2 is 2.05 bits per heavy atom.